The smallest absolute Gasteiger partial charge is 0.309 e. The van der Waals surface area contributed by atoms with E-state index in [0.717, 1.165) is 83.5 Å². The number of rotatable bonds is 14. The van der Waals surface area contributed by atoms with E-state index in [0.29, 0.717) is 18.0 Å². The average Bonchev–Trinajstić information content (AvgIpc) is 2.81. The molecule has 0 bridgehead atoms. The number of aliphatic carboxylic acids is 1. The lowest BCUT2D eigenvalue weighted by Gasteiger charge is -2.28. The average molecular weight is 491 g/mol. The van der Waals surface area contributed by atoms with E-state index < -0.39 is 11.4 Å². The largest absolute Gasteiger partial charge is 0.481 e. The molecule has 2 rings (SSSR count). The number of aliphatic hydroxyl groups excluding tert-OH is 1. The molecule has 0 aromatic carbocycles. The van der Waals surface area contributed by atoms with Crippen molar-refractivity contribution in [3.63, 3.8) is 0 Å². The van der Waals surface area contributed by atoms with Crippen molar-refractivity contribution in [2.75, 3.05) is 6.61 Å². The molecule has 0 saturated heterocycles. The highest BCUT2D eigenvalue weighted by atomic mass is 16.4. The van der Waals surface area contributed by atoms with Gasteiger partial charge in [-0.1, -0.05) is 64.5 Å². The van der Waals surface area contributed by atoms with Crippen LogP contribution in [0.3, 0.4) is 0 Å². The molecule has 0 aliphatic heterocycles. The molecule has 0 amide bonds. The molecule has 0 spiro atoms. The van der Waals surface area contributed by atoms with E-state index in [1.807, 2.05) is 12.2 Å². The van der Waals surface area contributed by atoms with E-state index in [4.69, 9.17) is 0 Å². The number of ketones is 2. The summed E-state index contributed by atoms with van der Waals surface area (Å²) in [6, 6.07) is 0. The fourth-order valence-electron chi connectivity index (χ4n) is 5.70. The van der Waals surface area contributed by atoms with Gasteiger partial charge in [0.05, 0.1) is 5.41 Å². The highest BCUT2D eigenvalue weighted by Gasteiger charge is 2.32. The number of carboxylic acid groups (broad SMARTS) is 1. The molecule has 2 saturated carbocycles. The second-order valence-electron chi connectivity index (χ2n) is 12.7. The fourth-order valence-corrected chi connectivity index (χ4v) is 5.70. The zero-order chi connectivity index (χ0) is 26.1. The molecule has 0 aromatic rings. The number of carbonyl (C=O) groups excluding carboxylic acids is 2. The maximum atomic E-state index is 13.1. The van der Waals surface area contributed by atoms with Crippen molar-refractivity contribution in [3.05, 3.63) is 12.2 Å². The third kappa shape index (κ3) is 9.48. The van der Waals surface area contributed by atoms with E-state index in [9.17, 15) is 24.6 Å². The molecule has 5 heteroatoms. The van der Waals surface area contributed by atoms with Gasteiger partial charge < -0.3 is 10.2 Å². The molecule has 2 aliphatic rings. The topological polar surface area (TPSA) is 91.7 Å². The molecule has 2 aliphatic carbocycles. The number of carboxylic acids is 1. The van der Waals surface area contributed by atoms with Crippen molar-refractivity contribution in [2.24, 2.45) is 34.5 Å². The molecule has 200 valence electrons. The number of carbonyl (C=O) groups is 3. The van der Waals surface area contributed by atoms with Gasteiger partial charge in [-0.2, -0.15) is 0 Å². The summed E-state index contributed by atoms with van der Waals surface area (Å²) < 4.78 is 0. The highest BCUT2D eigenvalue weighted by Crippen LogP contribution is 2.34. The van der Waals surface area contributed by atoms with E-state index in [1.54, 1.807) is 13.8 Å². The van der Waals surface area contributed by atoms with E-state index in [-0.39, 0.29) is 35.7 Å². The lowest BCUT2D eigenvalue weighted by atomic mass is 9.75. The SMILES string of the molecule is CC(C)(CO)CCCCC1CCCC(/C=C/C2CCCC(CCCCC(C)(C)C(=O)O)C2=O)C1=O. The second kappa shape index (κ2) is 13.7. The van der Waals surface area contributed by atoms with Crippen molar-refractivity contribution in [3.8, 4) is 0 Å². The number of hydrogen-bond acceptors (Lipinski definition) is 4. The van der Waals surface area contributed by atoms with Crippen LogP contribution in [0.1, 0.15) is 118 Å². The summed E-state index contributed by atoms with van der Waals surface area (Å²) in [7, 11) is 0. The van der Waals surface area contributed by atoms with Crippen LogP contribution in [0.2, 0.25) is 0 Å². The van der Waals surface area contributed by atoms with Crippen molar-refractivity contribution < 1.29 is 24.6 Å². The molecule has 35 heavy (non-hydrogen) atoms. The Labute approximate surface area is 213 Å². The Kier molecular flexibility index (Phi) is 11.7. The van der Waals surface area contributed by atoms with Crippen LogP contribution in [-0.2, 0) is 14.4 Å². The van der Waals surface area contributed by atoms with Crippen LogP contribution in [0.5, 0.6) is 0 Å². The summed E-state index contributed by atoms with van der Waals surface area (Å²) in [6.45, 7) is 7.88. The minimum absolute atomic E-state index is 0.0404. The molecule has 0 heterocycles. The van der Waals surface area contributed by atoms with Crippen LogP contribution < -0.4 is 0 Å². The predicted molar refractivity (Wildman–Crippen MR) is 140 cm³/mol. The number of Topliss-reactive ketones (excluding diaryl/α,β-unsaturated/α-hetero) is 2. The summed E-state index contributed by atoms with van der Waals surface area (Å²) in [5.74, 6) is 0.00429. The second-order valence-corrected chi connectivity index (χ2v) is 12.7. The predicted octanol–water partition coefficient (Wildman–Crippen LogP) is 6.76. The maximum absolute atomic E-state index is 13.1. The van der Waals surface area contributed by atoms with Gasteiger partial charge in [0.25, 0.3) is 0 Å². The first kappa shape index (κ1) is 29.7. The number of allylic oxidation sites excluding steroid dienone is 2. The third-order valence-electron chi connectivity index (χ3n) is 8.51. The fraction of sp³-hybridized carbons (Fsp3) is 0.833. The first-order valence-corrected chi connectivity index (χ1v) is 14.1. The molecule has 0 radical (unpaired) electrons. The highest BCUT2D eigenvalue weighted by molar-refractivity contribution is 5.87. The first-order valence-electron chi connectivity index (χ1n) is 14.1. The monoisotopic (exact) mass is 490 g/mol. The minimum Gasteiger partial charge on any atom is -0.481 e. The zero-order valence-electron chi connectivity index (χ0n) is 22.7. The van der Waals surface area contributed by atoms with Gasteiger partial charge in [-0.3, -0.25) is 14.4 Å². The molecule has 2 N–H and O–H groups in total. The Hall–Kier alpha value is -1.49. The summed E-state index contributed by atoms with van der Waals surface area (Å²) in [5, 5.41) is 18.7. The first-order chi connectivity index (χ1) is 16.5. The van der Waals surface area contributed by atoms with Gasteiger partial charge in [0.15, 0.2) is 0 Å². The van der Waals surface area contributed by atoms with Crippen molar-refractivity contribution >= 4 is 17.5 Å². The Balaban J connectivity index is 1.80. The molecule has 0 aromatic heterocycles. The Morgan fingerprint density at radius 1 is 0.800 bits per heavy atom. The van der Waals surface area contributed by atoms with E-state index >= 15 is 0 Å². The molecule has 4 atom stereocenters. The molecule has 5 nitrogen and oxygen atoms in total. The number of hydrogen-bond donors (Lipinski definition) is 2. The lowest BCUT2D eigenvalue weighted by molar-refractivity contribution is -0.147. The van der Waals surface area contributed by atoms with Gasteiger partial charge in [-0.25, -0.2) is 0 Å². The molecule has 2 fully saturated rings. The van der Waals surface area contributed by atoms with Gasteiger partial charge in [0.1, 0.15) is 11.6 Å². The Morgan fingerprint density at radius 2 is 1.26 bits per heavy atom. The third-order valence-corrected chi connectivity index (χ3v) is 8.51. The van der Waals surface area contributed by atoms with E-state index in [2.05, 4.69) is 13.8 Å². The number of unbranched alkanes of at least 4 members (excludes halogenated alkanes) is 2. The van der Waals surface area contributed by atoms with Crippen molar-refractivity contribution in [1.29, 1.82) is 0 Å². The normalized spacial score (nSPS) is 26.4. The van der Waals surface area contributed by atoms with Crippen LogP contribution in [0.15, 0.2) is 12.2 Å². The standard InChI is InChI=1S/C30H50O5/c1-29(2,21-31)19-7-5-11-22-13-9-15-24(26(22)32)17-18-25-16-10-14-23(27(25)33)12-6-8-20-30(3,4)28(34)35/h17-18,22-25,31H,5-16,19-21H2,1-4H3,(H,34,35)/b18-17+. The maximum Gasteiger partial charge on any atom is 0.309 e. The number of aliphatic hydroxyl groups is 1. The summed E-state index contributed by atoms with van der Waals surface area (Å²) in [6.07, 6.45) is 17.1. The summed E-state index contributed by atoms with van der Waals surface area (Å²) in [4.78, 5) is 37.4. The molecule has 4 unspecified atom stereocenters. The summed E-state index contributed by atoms with van der Waals surface area (Å²) >= 11 is 0. The zero-order valence-corrected chi connectivity index (χ0v) is 22.7. The minimum atomic E-state index is -0.762. The van der Waals surface area contributed by atoms with Crippen molar-refractivity contribution in [2.45, 2.75) is 118 Å². The van der Waals surface area contributed by atoms with Crippen molar-refractivity contribution in [1.82, 2.24) is 0 Å². The lowest BCUT2D eigenvalue weighted by Crippen LogP contribution is -2.29. The Bertz CT molecular complexity index is 735. The quantitative estimate of drug-likeness (QED) is 0.207. The van der Waals surface area contributed by atoms with Gasteiger partial charge in [0.2, 0.25) is 0 Å². The Morgan fingerprint density at radius 3 is 1.69 bits per heavy atom. The van der Waals surface area contributed by atoms with Crippen LogP contribution in [0, 0.1) is 34.5 Å². The molecular formula is C30H50O5. The van der Waals surface area contributed by atoms with Crippen LogP contribution in [-0.4, -0.2) is 34.4 Å². The molecular weight excluding hydrogens is 440 g/mol. The summed E-state index contributed by atoms with van der Waals surface area (Å²) in [5.41, 5.74) is -0.746. The van der Waals surface area contributed by atoms with Crippen LogP contribution >= 0.6 is 0 Å². The van der Waals surface area contributed by atoms with Gasteiger partial charge in [-0.05, 0) is 70.6 Å². The van der Waals surface area contributed by atoms with Gasteiger partial charge >= 0.3 is 5.97 Å². The van der Waals surface area contributed by atoms with E-state index in [1.165, 1.54) is 0 Å². The van der Waals surface area contributed by atoms with Crippen LogP contribution in [0.25, 0.3) is 0 Å². The van der Waals surface area contributed by atoms with Gasteiger partial charge in [-0.15, -0.1) is 0 Å². The van der Waals surface area contributed by atoms with Crippen LogP contribution in [0.4, 0.5) is 0 Å². The van der Waals surface area contributed by atoms with Gasteiger partial charge in [0, 0.05) is 30.3 Å².